The Labute approximate surface area is 125 Å². The molecule has 104 valence electrons. The lowest BCUT2D eigenvalue weighted by Crippen LogP contribution is -2.24. The van der Waals surface area contributed by atoms with Crippen molar-refractivity contribution in [2.45, 2.75) is 6.54 Å². The van der Waals surface area contributed by atoms with Gasteiger partial charge in [0.05, 0.1) is 5.56 Å². The fourth-order valence-electron chi connectivity index (χ4n) is 2.65. The highest BCUT2D eigenvalue weighted by Crippen LogP contribution is 2.27. The van der Waals surface area contributed by atoms with Crippen LogP contribution in [0.3, 0.4) is 0 Å². The van der Waals surface area contributed by atoms with Crippen molar-refractivity contribution in [3.63, 3.8) is 0 Å². The standard InChI is InChI=1S/C15H11ClN4O/c16-10-3-1-9(2-4-10)14-19-13-12-11(5-6-17-13)15(21)18-7-8-20(12)14/h1-6H,7-8H2,(H,18,21). The summed E-state index contributed by atoms with van der Waals surface area (Å²) in [5.74, 6) is 0.724. The maximum absolute atomic E-state index is 12.1. The number of pyridine rings is 1. The molecule has 0 saturated carbocycles. The fraction of sp³-hybridized carbons (Fsp3) is 0.133. The van der Waals surface area contributed by atoms with Crippen molar-refractivity contribution in [2.24, 2.45) is 0 Å². The molecule has 3 aromatic rings. The number of hydrogen-bond donors (Lipinski definition) is 1. The molecule has 0 spiro atoms. The number of imidazole rings is 1. The number of nitrogens with zero attached hydrogens (tertiary/aromatic N) is 3. The Morgan fingerprint density at radius 2 is 2.00 bits per heavy atom. The van der Waals surface area contributed by atoms with Crippen molar-refractivity contribution >= 4 is 28.7 Å². The van der Waals surface area contributed by atoms with Crippen LogP contribution in [0.25, 0.3) is 22.6 Å². The Hall–Kier alpha value is -2.40. The number of nitrogens with one attached hydrogen (secondary N) is 1. The Morgan fingerprint density at radius 3 is 2.81 bits per heavy atom. The van der Waals surface area contributed by atoms with Gasteiger partial charge < -0.3 is 9.88 Å². The van der Waals surface area contributed by atoms with Crippen molar-refractivity contribution < 1.29 is 4.79 Å². The largest absolute Gasteiger partial charge is 0.350 e. The minimum Gasteiger partial charge on any atom is -0.350 e. The van der Waals surface area contributed by atoms with E-state index in [1.807, 2.05) is 28.8 Å². The average molecular weight is 299 g/mol. The molecular formula is C15H11ClN4O. The lowest BCUT2D eigenvalue weighted by Gasteiger charge is -2.06. The van der Waals surface area contributed by atoms with Crippen LogP contribution in [0.4, 0.5) is 0 Å². The van der Waals surface area contributed by atoms with E-state index < -0.39 is 0 Å². The van der Waals surface area contributed by atoms with Crippen molar-refractivity contribution in [1.82, 2.24) is 19.9 Å². The van der Waals surface area contributed by atoms with Crippen molar-refractivity contribution in [3.8, 4) is 11.4 Å². The lowest BCUT2D eigenvalue weighted by molar-refractivity contribution is 0.0956. The first-order valence-corrected chi connectivity index (χ1v) is 7.01. The molecule has 1 N–H and O–H groups in total. The van der Waals surface area contributed by atoms with E-state index in [2.05, 4.69) is 15.3 Å². The predicted molar refractivity (Wildman–Crippen MR) is 80.3 cm³/mol. The quantitative estimate of drug-likeness (QED) is 0.751. The number of halogens is 1. The van der Waals surface area contributed by atoms with Gasteiger partial charge in [-0.2, -0.15) is 0 Å². The van der Waals surface area contributed by atoms with E-state index in [0.29, 0.717) is 29.3 Å². The molecule has 4 rings (SSSR count). The molecular weight excluding hydrogens is 288 g/mol. The molecule has 1 aliphatic rings. The van der Waals surface area contributed by atoms with Crippen LogP contribution in [0.15, 0.2) is 36.5 Å². The minimum absolute atomic E-state index is 0.0799. The van der Waals surface area contributed by atoms with Gasteiger partial charge in [0.15, 0.2) is 5.65 Å². The monoisotopic (exact) mass is 298 g/mol. The van der Waals surface area contributed by atoms with E-state index in [0.717, 1.165) is 16.9 Å². The normalized spacial score (nSPS) is 14.0. The first-order valence-electron chi connectivity index (χ1n) is 6.63. The lowest BCUT2D eigenvalue weighted by atomic mass is 10.2. The Bertz CT molecular complexity index is 854. The number of hydrogen-bond acceptors (Lipinski definition) is 3. The third-order valence-corrected chi connectivity index (χ3v) is 3.86. The highest BCUT2D eigenvalue weighted by atomic mass is 35.5. The molecule has 0 aliphatic carbocycles. The Kier molecular flexibility index (Phi) is 2.68. The van der Waals surface area contributed by atoms with E-state index in [1.54, 1.807) is 12.3 Å². The van der Waals surface area contributed by atoms with Gasteiger partial charge in [-0.15, -0.1) is 0 Å². The summed E-state index contributed by atoms with van der Waals surface area (Å²) in [4.78, 5) is 21.0. The molecule has 2 aromatic heterocycles. The zero-order valence-corrected chi connectivity index (χ0v) is 11.8. The molecule has 5 nitrogen and oxygen atoms in total. The number of carbonyl (C=O) groups excluding carboxylic acids is 1. The van der Waals surface area contributed by atoms with Crippen molar-refractivity contribution in [3.05, 3.63) is 47.1 Å². The number of rotatable bonds is 1. The van der Waals surface area contributed by atoms with Crippen molar-refractivity contribution in [2.75, 3.05) is 6.54 Å². The Morgan fingerprint density at radius 1 is 1.19 bits per heavy atom. The predicted octanol–water partition coefficient (Wildman–Crippen LogP) is 2.50. The van der Waals surface area contributed by atoms with E-state index in [9.17, 15) is 4.79 Å². The summed E-state index contributed by atoms with van der Waals surface area (Å²) in [5, 5.41) is 3.57. The van der Waals surface area contributed by atoms with Gasteiger partial charge in [0, 0.05) is 29.9 Å². The van der Waals surface area contributed by atoms with E-state index in [4.69, 9.17) is 11.6 Å². The summed E-state index contributed by atoms with van der Waals surface area (Å²) in [6.07, 6.45) is 1.62. The molecule has 0 unspecified atom stereocenters. The van der Waals surface area contributed by atoms with Gasteiger partial charge in [-0.05, 0) is 30.3 Å². The summed E-state index contributed by atoms with van der Waals surface area (Å²) in [5.41, 5.74) is 2.95. The first-order chi connectivity index (χ1) is 10.2. The molecule has 6 heteroatoms. The van der Waals surface area contributed by atoms with Crippen LogP contribution in [0.5, 0.6) is 0 Å². The minimum atomic E-state index is -0.0799. The van der Waals surface area contributed by atoms with Crippen LogP contribution in [-0.4, -0.2) is 27.0 Å². The average Bonchev–Trinajstić information content (AvgIpc) is 2.77. The van der Waals surface area contributed by atoms with Crippen LogP contribution >= 0.6 is 11.6 Å². The SMILES string of the molecule is O=C1NCCn2c(-c3ccc(Cl)cc3)nc3nccc1c32. The van der Waals surface area contributed by atoms with Crippen LogP contribution in [0, 0.1) is 0 Å². The van der Waals surface area contributed by atoms with Gasteiger partial charge in [-0.25, -0.2) is 9.97 Å². The Balaban J connectivity index is 2.02. The van der Waals surface area contributed by atoms with Gasteiger partial charge in [0.25, 0.3) is 5.91 Å². The molecule has 21 heavy (non-hydrogen) atoms. The van der Waals surface area contributed by atoms with Gasteiger partial charge in [0.2, 0.25) is 0 Å². The van der Waals surface area contributed by atoms with Gasteiger partial charge in [-0.1, -0.05) is 11.6 Å². The van der Waals surface area contributed by atoms with Gasteiger partial charge in [0.1, 0.15) is 11.3 Å². The smallest absolute Gasteiger partial charge is 0.253 e. The molecule has 1 amide bonds. The van der Waals surface area contributed by atoms with Crippen LogP contribution in [0.2, 0.25) is 5.02 Å². The number of aromatic nitrogens is 3. The maximum atomic E-state index is 12.1. The van der Waals surface area contributed by atoms with Crippen LogP contribution in [-0.2, 0) is 6.54 Å². The molecule has 0 saturated heterocycles. The molecule has 1 aliphatic heterocycles. The van der Waals surface area contributed by atoms with Crippen LogP contribution < -0.4 is 5.32 Å². The van der Waals surface area contributed by atoms with E-state index in [-0.39, 0.29) is 5.91 Å². The summed E-state index contributed by atoms with van der Waals surface area (Å²) in [6, 6.07) is 9.24. The fourth-order valence-corrected chi connectivity index (χ4v) is 2.78. The van der Waals surface area contributed by atoms with E-state index in [1.165, 1.54) is 0 Å². The van der Waals surface area contributed by atoms with E-state index >= 15 is 0 Å². The second-order valence-corrected chi connectivity index (χ2v) is 5.32. The number of carbonyl (C=O) groups is 1. The number of amides is 1. The zero-order chi connectivity index (χ0) is 14.4. The third kappa shape index (κ3) is 1.89. The molecule has 1 aromatic carbocycles. The second-order valence-electron chi connectivity index (χ2n) is 4.88. The summed E-state index contributed by atoms with van der Waals surface area (Å²) >= 11 is 5.94. The second kappa shape index (κ2) is 4.56. The molecule has 3 heterocycles. The molecule has 0 fully saturated rings. The molecule has 0 radical (unpaired) electrons. The van der Waals surface area contributed by atoms with Gasteiger partial charge in [-0.3, -0.25) is 4.79 Å². The topological polar surface area (TPSA) is 59.8 Å². The van der Waals surface area contributed by atoms with Gasteiger partial charge >= 0.3 is 0 Å². The third-order valence-electron chi connectivity index (χ3n) is 3.61. The maximum Gasteiger partial charge on any atom is 0.253 e. The zero-order valence-electron chi connectivity index (χ0n) is 11.0. The highest BCUT2D eigenvalue weighted by molar-refractivity contribution is 6.30. The highest BCUT2D eigenvalue weighted by Gasteiger charge is 2.22. The molecule has 0 atom stereocenters. The summed E-state index contributed by atoms with van der Waals surface area (Å²) in [6.45, 7) is 1.23. The van der Waals surface area contributed by atoms with Crippen LogP contribution in [0.1, 0.15) is 10.4 Å². The molecule has 0 bridgehead atoms. The summed E-state index contributed by atoms with van der Waals surface area (Å²) < 4.78 is 2.04. The summed E-state index contributed by atoms with van der Waals surface area (Å²) in [7, 11) is 0. The first kappa shape index (κ1) is 12.3. The number of benzene rings is 1. The van der Waals surface area contributed by atoms with Crippen molar-refractivity contribution in [1.29, 1.82) is 0 Å².